The third-order valence-corrected chi connectivity index (χ3v) is 2.04. The van der Waals surface area contributed by atoms with Crippen LogP contribution in [0.4, 0.5) is 5.82 Å². The molecule has 5 heteroatoms. The molecule has 0 bridgehead atoms. The first-order chi connectivity index (χ1) is 5.77. The molecular formula is C7H5Cl2N3. The Kier molecular flexibility index (Phi) is 1.90. The molecule has 0 N–H and O–H groups in total. The Balaban J connectivity index is 2.56. The number of hydrogen-bond donors (Lipinski definition) is 0. The molecule has 3 nitrogen and oxygen atoms in total. The van der Waals surface area contributed by atoms with Gasteiger partial charge in [0.25, 0.3) is 0 Å². The number of fused-ring (bicyclic) bond motifs is 1. The van der Waals surface area contributed by atoms with E-state index in [1.54, 1.807) is 6.20 Å². The number of aromatic nitrogens is 2. The van der Waals surface area contributed by atoms with Gasteiger partial charge >= 0.3 is 0 Å². The predicted molar refractivity (Wildman–Crippen MR) is 49.3 cm³/mol. The average molecular weight is 202 g/mol. The summed E-state index contributed by atoms with van der Waals surface area (Å²) >= 11 is 11.5. The Labute approximate surface area is 79.7 Å². The summed E-state index contributed by atoms with van der Waals surface area (Å²) in [4.78, 5) is 7.84. The molecule has 0 aromatic carbocycles. The van der Waals surface area contributed by atoms with Crippen LogP contribution in [-0.2, 0) is 0 Å². The number of nitrogens with zero attached hydrogens (tertiary/aromatic N) is 3. The van der Waals surface area contributed by atoms with Gasteiger partial charge in [0.1, 0.15) is 0 Å². The first-order valence-electron chi connectivity index (χ1n) is 3.40. The van der Waals surface area contributed by atoms with Gasteiger partial charge in [-0.2, -0.15) is 4.98 Å². The SMILES string of the molecule is Clc1ncc2c(n1)N(Cl)CC=C2. The molecule has 0 aliphatic carbocycles. The lowest BCUT2D eigenvalue weighted by atomic mass is 10.2. The highest BCUT2D eigenvalue weighted by Crippen LogP contribution is 2.24. The Hall–Kier alpha value is -0.800. The van der Waals surface area contributed by atoms with Gasteiger partial charge in [0, 0.05) is 23.5 Å². The Morgan fingerprint density at radius 2 is 2.33 bits per heavy atom. The van der Waals surface area contributed by atoms with E-state index in [2.05, 4.69) is 9.97 Å². The second-order valence-corrected chi connectivity index (χ2v) is 3.11. The van der Waals surface area contributed by atoms with Crippen molar-refractivity contribution in [3.8, 4) is 0 Å². The number of rotatable bonds is 0. The summed E-state index contributed by atoms with van der Waals surface area (Å²) in [6.07, 6.45) is 5.51. The summed E-state index contributed by atoms with van der Waals surface area (Å²) in [5.74, 6) is 0.666. The van der Waals surface area contributed by atoms with E-state index in [-0.39, 0.29) is 5.28 Å². The van der Waals surface area contributed by atoms with Crippen LogP contribution in [0.2, 0.25) is 5.28 Å². The van der Waals surface area contributed by atoms with Crippen LogP contribution in [0.5, 0.6) is 0 Å². The molecule has 0 saturated heterocycles. The standard InChI is InChI=1S/C7H5Cl2N3/c8-7-10-4-5-2-1-3-12(9)6(5)11-7/h1-2,4H,3H2. The molecule has 1 aromatic heterocycles. The molecule has 0 fully saturated rings. The highest BCUT2D eigenvalue weighted by molar-refractivity contribution is 6.29. The number of halogens is 2. The zero-order valence-electron chi connectivity index (χ0n) is 6.04. The summed E-state index contributed by atoms with van der Waals surface area (Å²) in [7, 11) is 0. The molecule has 1 aromatic rings. The van der Waals surface area contributed by atoms with Crippen LogP contribution in [-0.4, -0.2) is 16.5 Å². The summed E-state index contributed by atoms with van der Waals surface area (Å²) in [6.45, 7) is 0.641. The van der Waals surface area contributed by atoms with Gasteiger partial charge in [-0.1, -0.05) is 12.2 Å². The van der Waals surface area contributed by atoms with Crippen LogP contribution in [0.15, 0.2) is 12.3 Å². The van der Waals surface area contributed by atoms with E-state index in [1.165, 1.54) is 4.42 Å². The van der Waals surface area contributed by atoms with E-state index < -0.39 is 0 Å². The summed E-state index contributed by atoms with van der Waals surface area (Å²) in [5.41, 5.74) is 0.889. The zero-order valence-corrected chi connectivity index (χ0v) is 7.55. The third-order valence-electron chi connectivity index (χ3n) is 1.56. The van der Waals surface area contributed by atoms with Crippen LogP contribution in [0, 0.1) is 0 Å². The van der Waals surface area contributed by atoms with Crippen LogP contribution >= 0.6 is 23.4 Å². The van der Waals surface area contributed by atoms with Crippen molar-refractivity contribution in [1.29, 1.82) is 0 Å². The molecule has 0 amide bonds. The van der Waals surface area contributed by atoms with Gasteiger partial charge < -0.3 is 0 Å². The minimum Gasteiger partial charge on any atom is -0.264 e. The lowest BCUT2D eigenvalue weighted by molar-refractivity contribution is 1.06. The molecule has 12 heavy (non-hydrogen) atoms. The summed E-state index contributed by atoms with van der Waals surface area (Å²) in [6, 6.07) is 0. The maximum absolute atomic E-state index is 5.85. The molecule has 0 radical (unpaired) electrons. The van der Waals surface area contributed by atoms with Crippen LogP contribution in [0.3, 0.4) is 0 Å². The second kappa shape index (κ2) is 2.92. The topological polar surface area (TPSA) is 29.0 Å². The molecule has 2 heterocycles. The quantitative estimate of drug-likeness (QED) is 0.476. The third kappa shape index (κ3) is 1.26. The van der Waals surface area contributed by atoms with E-state index in [0.29, 0.717) is 12.4 Å². The molecule has 62 valence electrons. The first-order valence-corrected chi connectivity index (χ1v) is 4.11. The van der Waals surface area contributed by atoms with E-state index in [0.717, 1.165) is 5.56 Å². The Morgan fingerprint density at radius 3 is 3.17 bits per heavy atom. The minimum atomic E-state index is 0.217. The van der Waals surface area contributed by atoms with Crippen LogP contribution in [0.25, 0.3) is 6.08 Å². The second-order valence-electron chi connectivity index (χ2n) is 2.37. The van der Waals surface area contributed by atoms with Gasteiger partial charge in [-0.15, -0.1) is 0 Å². The van der Waals surface area contributed by atoms with Crippen molar-refractivity contribution < 1.29 is 0 Å². The van der Waals surface area contributed by atoms with Gasteiger partial charge in [0.15, 0.2) is 5.82 Å². The van der Waals surface area contributed by atoms with Crippen molar-refractivity contribution in [2.24, 2.45) is 0 Å². The normalized spacial score (nSPS) is 14.7. The Morgan fingerprint density at radius 1 is 1.50 bits per heavy atom. The zero-order chi connectivity index (χ0) is 8.55. The Bertz CT molecular complexity index is 337. The summed E-state index contributed by atoms with van der Waals surface area (Å²) < 4.78 is 1.50. The van der Waals surface area contributed by atoms with Crippen molar-refractivity contribution >= 4 is 35.3 Å². The lowest BCUT2D eigenvalue weighted by Gasteiger charge is -2.18. The number of hydrogen-bond acceptors (Lipinski definition) is 3. The smallest absolute Gasteiger partial charge is 0.224 e. The van der Waals surface area contributed by atoms with Crippen molar-refractivity contribution in [3.63, 3.8) is 0 Å². The predicted octanol–water partition coefficient (Wildman–Crippen LogP) is 2.12. The molecule has 0 atom stereocenters. The van der Waals surface area contributed by atoms with E-state index >= 15 is 0 Å². The molecular weight excluding hydrogens is 197 g/mol. The maximum atomic E-state index is 5.85. The van der Waals surface area contributed by atoms with Gasteiger partial charge in [0.2, 0.25) is 5.28 Å². The fourth-order valence-corrected chi connectivity index (χ4v) is 1.38. The van der Waals surface area contributed by atoms with Crippen LogP contribution < -0.4 is 4.42 Å². The highest BCUT2D eigenvalue weighted by Gasteiger charge is 2.13. The van der Waals surface area contributed by atoms with Gasteiger partial charge in [-0.05, 0) is 11.6 Å². The van der Waals surface area contributed by atoms with Crippen molar-refractivity contribution in [3.05, 3.63) is 23.1 Å². The fraction of sp³-hybridized carbons (Fsp3) is 0.143. The average Bonchev–Trinajstić information content (AvgIpc) is 2.07. The molecule has 1 aliphatic heterocycles. The highest BCUT2D eigenvalue weighted by atomic mass is 35.5. The number of anilines is 1. The van der Waals surface area contributed by atoms with Crippen molar-refractivity contribution in [2.75, 3.05) is 11.0 Å². The monoisotopic (exact) mass is 201 g/mol. The molecule has 2 rings (SSSR count). The summed E-state index contributed by atoms with van der Waals surface area (Å²) in [5, 5.41) is 0.217. The molecule has 1 aliphatic rings. The van der Waals surface area contributed by atoms with Gasteiger partial charge in [0.05, 0.1) is 6.54 Å². The van der Waals surface area contributed by atoms with E-state index in [1.807, 2.05) is 12.2 Å². The van der Waals surface area contributed by atoms with E-state index in [4.69, 9.17) is 23.4 Å². The van der Waals surface area contributed by atoms with Gasteiger partial charge in [-0.3, -0.25) is 4.42 Å². The van der Waals surface area contributed by atoms with Crippen molar-refractivity contribution in [2.45, 2.75) is 0 Å². The largest absolute Gasteiger partial charge is 0.264 e. The minimum absolute atomic E-state index is 0.217. The lowest BCUT2D eigenvalue weighted by Crippen LogP contribution is -2.16. The maximum Gasteiger partial charge on any atom is 0.224 e. The molecule has 0 saturated carbocycles. The van der Waals surface area contributed by atoms with Gasteiger partial charge in [-0.25, -0.2) is 4.98 Å². The first kappa shape index (κ1) is 7.83. The fourth-order valence-electron chi connectivity index (χ4n) is 1.03. The van der Waals surface area contributed by atoms with E-state index in [9.17, 15) is 0 Å². The van der Waals surface area contributed by atoms with Crippen molar-refractivity contribution in [1.82, 2.24) is 9.97 Å². The molecule has 0 unspecified atom stereocenters. The molecule has 0 spiro atoms. The van der Waals surface area contributed by atoms with Crippen LogP contribution in [0.1, 0.15) is 5.56 Å².